The number of phenols is 1. The molecule has 0 aliphatic carbocycles. The predicted octanol–water partition coefficient (Wildman–Crippen LogP) is 1.01. The highest BCUT2D eigenvalue weighted by molar-refractivity contribution is 8.04. The number of thioether (sulfide) groups is 1. The first-order valence-electron chi connectivity index (χ1n) is 9.14. The molecule has 0 aromatic heterocycles. The molecule has 1 aromatic carbocycles. The molecule has 0 spiro atoms. The summed E-state index contributed by atoms with van der Waals surface area (Å²) in [5.41, 5.74) is 7.17. The van der Waals surface area contributed by atoms with Crippen LogP contribution in [0.2, 0.25) is 0 Å². The second-order valence-corrected chi connectivity index (χ2v) is 8.46. The predicted molar refractivity (Wildman–Crippen MR) is 106 cm³/mol. The quantitative estimate of drug-likeness (QED) is 0.524. The van der Waals surface area contributed by atoms with Crippen LogP contribution in [-0.4, -0.2) is 50.5 Å². The molecule has 4 atom stereocenters. The van der Waals surface area contributed by atoms with Crippen LogP contribution in [0.4, 0.5) is 0 Å². The van der Waals surface area contributed by atoms with E-state index in [2.05, 4.69) is 10.3 Å². The van der Waals surface area contributed by atoms with Gasteiger partial charge in [-0.15, -0.1) is 11.8 Å². The summed E-state index contributed by atoms with van der Waals surface area (Å²) in [4.78, 5) is 42.4. The first kappa shape index (κ1) is 19.5. The van der Waals surface area contributed by atoms with Crippen LogP contribution in [0.3, 0.4) is 0 Å². The molecule has 10 heteroatoms. The molecule has 3 heterocycles. The van der Waals surface area contributed by atoms with Gasteiger partial charge in [-0.1, -0.05) is 6.07 Å². The normalized spacial score (nSPS) is 26.3. The first-order valence-corrected chi connectivity index (χ1v) is 10.0. The van der Waals surface area contributed by atoms with Gasteiger partial charge in [0.05, 0.1) is 6.04 Å². The van der Waals surface area contributed by atoms with Gasteiger partial charge in [0.25, 0.3) is 5.91 Å². The van der Waals surface area contributed by atoms with Crippen molar-refractivity contribution in [2.24, 2.45) is 10.7 Å². The average molecular weight is 416 g/mol. The van der Waals surface area contributed by atoms with E-state index < -0.39 is 35.2 Å². The van der Waals surface area contributed by atoms with Crippen LogP contribution < -0.4 is 11.1 Å². The number of allylic oxidation sites excluding steroid dienone is 1. The third kappa shape index (κ3) is 3.18. The Bertz CT molecular complexity index is 975. The summed E-state index contributed by atoms with van der Waals surface area (Å²) in [6, 6.07) is 2.68. The van der Waals surface area contributed by atoms with E-state index in [0.717, 1.165) is 12.8 Å². The molecule has 0 saturated carbocycles. The van der Waals surface area contributed by atoms with Gasteiger partial charge in [0.15, 0.2) is 0 Å². The molecule has 1 fully saturated rings. The van der Waals surface area contributed by atoms with Crippen molar-refractivity contribution in [2.45, 2.75) is 43.3 Å². The number of carboxylic acids is 1. The van der Waals surface area contributed by atoms with Crippen LogP contribution in [-0.2, 0) is 14.4 Å². The van der Waals surface area contributed by atoms with Crippen LogP contribution >= 0.6 is 11.8 Å². The van der Waals surface area contributed by atoms with Crippen LogP contribution in [0.5, 0.6) is 5.75 Å². The monoisotopic (exact) mass is 416 g/mol. The van der Waals surface area contributed by atoms with Gasteiger partial charge < -0.3 is 21.3 Å². The van der Waals surface area contributed by atoms with E-state index in [4.69, 9.17) is 5.73 Å². The van der Waals surface area contributed by atoms with Gasteiger partial charge in [-0.05, 0) is 43.7 Å². The van der Waals surface area contributed by atoms with Gasteiger partial charge in [0, 0.05) is 10.5 Å². The Morgan fingerprint density at radius 2 is 2.17 bits per heavy atom. The van der Waals surface area contributed by atoms with E-state index in [1.54, 1.807) is 25.3 Å². The fourth-order valence-corrected chi connectivity index (χ4v) is 5.08. The standard InChI is InChI=1S/C19H20N4O5S/c1-8-15(19(27)28)23-17(26)14(18(23)29-8)22-16(25)13(20)9-4-5-12(24)10(7-9)11-3-2-6-21-11/h4-7,11,13-14,18,24H,2-3,20H2,1H3,(H,22,25)(H,27,28)/t11?,13-,14-,18-/m1/s1. The Hall–Kier alpha value is -2.85. The molecule has 0 radical (unpaired) electrons. The molecule has 9 nitrogen and oxygen atoms in total. The molecule has 152 valence electrons. The molecule has 4 rings (SSSR count). The minimum absolute atomic E-state index is 0.0416. The topological polar surface area (TPSA) is 145 Å². The number of nitrogens with zero attached hydrogens (tertiary/aromatic N) is 2. The maximum Gasteiger partial charge on any atom is 0.353 e. The fraction of sp³-hybridized carbons (Fsp3) is 0.368. The van der Waals surface area contributed by atoms with E-state index in [1.807, 2.05) is 0 Å². The summed E-state index contributed by atoms with van der Waals surface area (Å²) < 4.78 is 0. The van der Waals surface area contributed by atoms with Crippen LogP contribution in [0.15, 0.2) is 33.8 Å². The summed E-state index contributed by atoms with van der Waals surface area (Å²) in [5.74, 6) is -2.08. The number of nitrogens with two attached hydrogens (primary N) is 1. The number of aromatic hydroxyl groups is 1. The minimum Gasteiger partial charge on any atom is -0.508 e. The zero-order chi connectivity index (χ0) is 20.9. The Morgan fingerprint density at radius 3 is 2.83 bits per heavy atom. The number of aliphatic imine (C=N–C) groups is 1. The lowest BCUT2D eigenvalue weighted by Gasteiger charge is -2.42. The number of amides is 2. The number of carbonyl (C=O) groups excluding carboxylic acids is 2. The summed E-state index contributed by atoms with van der Waals surface area (Å²) in [5, 5.41) is 21.5. The smallest absolute Gasteiger partial charge is 0.353 e. The van der Waals surface area contributed by atoms with Gasteiger partial charge in [0.2, 0.25) is 5.91 Å². The van der Waals surface area contributed by atoms with E-state index in [9.17, 15) is 24.6 Å². The van der Waals surface area contributed by atoms with Gasteiger partial charge in [-0.25, -0.2) is 4.79 Å². The number of benzene rings is 1. The number of phenolic OH excluding ortho intramolecular Hbond substituents is 1. The van der Waals surface area contributed by atoms with Crippen molar-refractivity contribution in [2.75, 3.05) is 0 Å². The molecule has 1 saturated heterocycles. The van der Waals surface area contributed by atoms with Gasteiger partial charge in [-0.2, -0.15) is 0 Å². The molecule has 3 aliphatic heterocycles. The highest BCUT2D eigenvalue weighted by Crippen LogP contribution is 2.46. The van der Waals surface area contributed by atoms with Crippen LogP contribution in [0.25, 0.3) is 0 Å². The molecule has 5 N–H and O–H groups in total. The van der Waals surface area contributed by atoms with E-state index >= 15 is 0 Å². The Kier molecular flexibility index (Phi) is 4.83. The third-order valence-electron chi connectivity index (χ3n) is 5.32. The molecule has 1 unspecified atom stereocenters. The van der Waals surface area contributed by atoms with Crippen molar-refractivity contribution in [3.63, 3.8) is 0 Å². The zero-order valence-corrected chi connectivity index (χ0v) is 16.3. The van der Waals surface area contributed by atoms with Crippen molar-refractivity contribution in [1.29, 1.82) is 0 Å². The number of nitrogens with one attached hydrogen (secondary N) is 1. The number of rotatable bonds is 5. The van der Waals surface area contributed by atoms with Gasteiger partial charge in [0.1, 0.15) is 28.9 Å². The van der Waals surface area contributed by atoms with Crippen LogP contribution in [0.1, 0.15) is 43.0 Å². The van der Waals surface area contributed by atoms with Crippen LogP contribution in [0, 0.1) is 0 Å². The fourth-order valence-electron chi connectivity index (χ4n) is 3.79. The lowest BCUT2D eigenvalue weighted by atomic mass is 9.97. The Labute approximate surface area is 170 Å². The summed E-state index contributed by atoms with van der Waals surface area (Å²) in [7, 11) is 0. The number of fused-ring (bicyclic) bond motifs is 1. The lowest BCUT2D eigenvalue weighted by Crippen LogP contribution is -2.68. The number of hydrogen-bond acceptors (Lipinski definition) is 7. The van der Waals surface area contributed by atoms with Crippen molar-refractivity contribution in [1.82, 2.24) is 10.2 Å². The van der Waals surface area contributed by atoms with Gasteiger partial charge >= 0.3 is 5.97 Å². The molecule has 29 heavy (non-hydrogen) atoms. The second-order valence-electron chi connectivity index (χ2n) is 7.13. The SMILES string of the molecule is CC1=C(C(=O)O)N2C(=O)[C@@H](NC(=O)[C@H](N)c3ccc(O)c(C4CCC=N4)c3)[C@H]2S1. The molecular weight excluding hydrogens is 396 g/mol. The number of hydrogen-bond donors (Lipinski definition) is 4. The highest BCUT2D eigenvalue weighted by Gasteiger charge is 2.56. The van der Waals surface area contributed by atoms with E-state index in [0.29, 0.717) is 16.0 Å². The third-order valence-corrected chi connectivity index (χ3v) is 6.59. The molecule has 0 bridgehead atoms. The molecular formula is C19H20N4O5S. The number of aliphatic carboxylic acids is 1. The lowest BCUT2D eigenvalue weighted by molar-refractivity contribution is -0.150. The largest absolute Gasteiger partial charge is 0.508 e. The van der Waals surface area contributed by atoms with Crippen molar-refractivity contribution in [3.8, 4) is 5.75 Å². The summed E-state index contributed by atoms with van der Waals surface area (Å²) >= 11 is 1.23. The maximum atomic E-state index is 12.7. The number of β-lactam (4-membered cyclic amide) rings is 1. The van der Waals surface area contributed by atoms with E-state index in [-0.39, 0.29) is 17.5 Å². The first-order chi connectivity index (χ1) is 13.8. The minimum atomic E-state index is -1.17. The average Bonchev–Trinajstić information content (AvgIpc) is 3.32. The van der Waals surface area contributed by atoms with Crippen molar-refractivity contribution in [3.05, 3.63) is 39.9 Å². The van der Waals surface area contributed by atoms with Gasteiger partial charge in [-0.3, -0.25) is 19.5 Å². The summed E-state index contributed by atoms with van der Waals surface area (Å²) in [6.07, 6.45) is 3.41. The maximum absolute atomic E-state index is 12.7. The van der Waals surface area contributed by atoms with E-state index in [1.165, 1.54) is 22.7 Å². The molecule has 3 aliphatic rings. The number of carbonyl (C=O) groups is 3. The molecule has 1 aromatic rings. The number of carboxylic acid groups (broad SMARTS) is 1. The Morgan fingerprint density at radius 1 is 1.41 bits per heavy atom. The van der Waals surface area contributed by atoms with Crippen molar-refractivity contribution >= 4 is 35.8 Å². The second kappa shape index (κ2) is 7.20. The molecule has 2 amide bonds. The summed E-state index contributed by atoms with van der Waals surface area (Å²) in [6.45, 7) is 1.63. The highest BCUT2D eigenvalue weighted by atomic mass is 32.2. The Balaban J connectivity index is 1.46. The zero-order valence-electron chi connectivity index (χ0n) is 15.5. The van der Waals surface area contributed by atoms with Crippen molar-refractivity contribution < 1.29 is 24.6 Å².